The molecule has 3 nitrogen and oxygen atoms in total. The molecule has 2 heterocycles. The Hall–Kier alpha value is -0.930. The van der Waals surface area contributed by atoms with E-state index in [1.807, 2.05) is 6.21 Å². The molecule has 0 bridgehead atoms. The molecular formula is C14H22N2O. The van der Waals surface area contributed by atoms with E-state index in [9.17, 15) is 0 Å². The molecule has 0 spiro atoms. The molecule has 1 saturated heterocycles. The van der Waals surface area contributed by atoms with Crippen molar-refractivity contribution in [3.63, 3.8) is 0 Å². The number of nitrogens with zero attached hydrogens (tertiary/aromatic N) is 2. The number of aliphatic hydroxyl groups excluding tert-OH is 1. The summed E-state index contributed by atoms with van der Waals surface area (Å²) in [6.07, 6.45) is 8.60. The first-order chi connectivity index (χ1) is 8.28. The molecule has 17 heavy (non-hydrogen) atoms. The van der Waals surface area contributed by atoms with E-state index in [4.69, 9.17) is 5.11 Å². The highest BCUT2D eigenvalue weighted by atomic mass is 16.3. The van der Waals surface area contributed by atoms with Gasteiger partial charge in [0.05, 0.1) is 6.54 Å². The molecule has 0 aromatic heterocycles. The van der Waals surface area contributed by atoms with Crippen molar-refractivity contribution < 1.29 is 5.11 Å². The zero-order chi connectivity index (χ0) is 12.1. The first-order valence-corrected chi connectivity index (χ1v) is 6.47. The molecule has 0 unspecified atom stereocenters. The molecule has 2 rings (SSSR count). The fraction of sp³-hybridized carbons (Fsp3) is 0.643. The van der Waals surface area contributed by atoms with Crippen molar-refractivity contribution in [1.82, 2.24) is 4.90 Å². The van der Waals surface area contributed by atoms with Crippen LogP contribution in [0.5, 0.6) is 0 Å². The van der Waals surface area contributed by atoms with E-state index in [-0.39, 0.29) is 0 Å². The fourth-order valence-corrected chi connectivity index (χ4v) is 2.33. The van der Waals surface area contributed by atoms with Gasteiger partial charge in [-0.2, -0.15) is 0 Å². The minimum absolute atomic E-state index is 0.347. The molecule has 1 fully saturated rings. The minimum atomic E-state index is 0.347. The van der Waals surface area contributed by atoms with E-state index in [0.717, 1.165) is 39.0 Å². The molecule has 0 amide bonds. The SMILES string of the molecule is CC1=CC=C(CN2CCC(CO)CC2)C=NC1. The number of aliphatic imine (C=N–C) groups is 1. The summed E-state index contributed by atoms with van der Waals surface area (Å²) in [5.74, 6) is 0.519. The van der Waals surface area contributed by atoms with Crippen LogP contribution in [-0.2, 0) is 0 Å². The van der Waals surface area contributed by atoms with Gasteiger partial charge in [0.25, 0.3) is 0 Å². The Morgan fingerprint density at radius 2 is 2.12 bits per heavy atom. The summed E-state index contributed by atoms with van der Waals surface area (Å²) in [6, 6.07) is 0. The van der Waals surface area contributed by atoms with Gasteiger partial charge in [-0.3, -0.25) is 9.89 Å². The Kier molecular flexibility index (Phi) is 4.51. The van der Waals surface area contributed by atoms with Gasteiger partial charge in [0, 0.05) is 19.4 Å². The highest BCUT2D eigenvalue weighted by molar-refractivity contribution is 5.80. The molecule has 0 saturated carbocycles. The smallest absolute Gasteiger partial charge is 0.0600 e. The molecule has 0 aliphatic carbocycles. The van der Waals surface area contributed by atoms with Crippen molar-refractivity contribution in [2.24, 2.45) is 10.9 Å². The summed E-state index contributed by atoms with van der Waals surface area (Å²) in [5.41, 5.74) is 2.61. The van der Waals surface area contributed by atoms with E-state index in [0.29, 0.717) is 12.5 Å². The Bertz CT molecular complexity index is 336. The van der Waals surface area contributed by atoms with Crippen LogP contribution in [0.4, 0.5) is 0 Å². The molecule has 0 aromatic rings. The van der Waals surface area contributed by atoms with Crippen LogP contribution >= 0.6 is 0 Å². The molecule has 2 aliphatic heterocycles. The zero-order valence-corrected chi connectivity index (χ0v) is 10.6. The van der Waals surface area contributed by atoms with Crippen molar-refractivity contribution in [3.05, 3.63) is 23.3 Å². The molecule has 3 heteroatoms. The summed E-state index contributed by atoms with van der Waals surface area (Å²) in [6.45, 7) is 6.47. The summed E-state index contributed by atoms with van der Waals surface area (Å²) < 4.78 is 0. The lowest BCUT2D eigenvalue weighted by molar-refractivity contribution is 0.139. The lowest BCUT2D eigenvalue weighted by Gasteiger charge is -2.31. The summed E-state index contributed by atoms with van der Waals surface area (Å²) in [4.78, 5) is 6.86. The van der Waals surface area contributed by atoms with Crippen LogP contribution in [0.25, 0.3) is 0 Å². The maximum atomic E-state index is 9.11. The number of allylic oxidation sites excluding steroid dienone is 2. The summed E-state index contributed by atoms with van der Waals surface area (Å²) >= 11 is 0. The highest BCUT2D eigenvalue weighted by Crippen LogP contribution is 2.17. The molecule has 2 aliphatic rings. The average Bonchev–Trinajstić information content (AvgIpc) is 2.56. The molecule has 0 aromatic carbocycles. The number of hydrogen-bond acceptors (Lipinski definition) is 3. The quantitative estimate of drug-likeness (QED) is 0.806. The van der Waals surface area contributed by atoms with Gasteiger partial charge >= 0.3 is 0 Å². The Labute approximate surface area is 104 Å². The number of aliphatic hydroxyl groups is 1. The lowest BCUT2D eigenvalue weighted by Crippen LogP contribution is -2.36. The van der Waals surface area contributed by atoms with Crippen LogP contribution in [0, 0.1) is 5.92 Å². The molecular weight excluding hydrogens is 212 g/mol. The predicted molar refractivity (Wildman–Crippen MR) is 71.4 cm³/mol. The molecule has 0 atom stereocenters. The van der Waals surface area contributed by atoms with Crippen molar-refractivity contribution in [1.29, 1.82) is 0 Å². The summed E-state index contributed by atoms with van der Waals surface area (Å²) in [5, 5.41) is 9.11. The number of rotatable bonds is 3. The van der Waals surface area contributed by atoms with Gasteiger partial charge in [-0.25, -0.2) is 0 Å². The molecule has 0 radical (unpaired) electrons. The average molecular weight is 234 g/mol. The lowest BCUT2D eigenvalue weighted by atomic mass is 9.97. The van der Waals surface area contributed by atoms with Crippen LogP contribution in [-0.4, -0.2) is 49.0 Å². The second-order valence-electron chi connectivity index (χ2n) is 5.13. The second-order valence-corrected chi connectivity index (χ2v) is 5.13. The van der Waals surface area contributed by atoms with Gasteiger partial charge < -0.3 is 5.11 Å². The van der Waals surface area contributed by atoms with Crippen molar-refractivity contribution in [3.8, 4) is 0 Å². The van der Waals surface area contributed by atoms with E-state index in [1.54, 1.807) is 0 Å². The Morgan fingerprint density at radius 3 is 2.82 bits per heavy atom. The minimum Gasteiger partial charge on any atom is -0.396 e. The number of piperidine rings is 1. The van der Waals surface area contributed by atoms with Gasteiger partial charge in [-0.1, -0.05) is 17.7 Å². The molecule has 94 valence electrons. The Balaban J connectivity index is 1.85. The van der Waals surface area contributed by atoms with Crippen LogP contribution in [0.3, 0.4) is 0 Å². The fourth-order valence-electron chi connectivity index (χ4n) is 2.33. The molecule has 1 N–H and O–H groups in total. The topological polar surface area (TPSA) is 35.8 Å². The van der Waals surface area contributed by atoms with Gasteiger partial charge in [-0.15, -0.1) is 0 Å². The van der Waals surface area contributed by atoms with E-state index >= 15 is 0 Å². The number of likely N-dealkylation sites (tertiary alicyclic amines) is 1. The normalized spacial score (nSPS) is 23.2. The third-order valence-electron chi connectivity index (χ3n) is 3.55. The van der Waals surface area contributed by atoms with Gasteiger partial charge in [0.15, 0.2) is 0 Å². The van der Waals surface area contributed by atoms with Crippen LogP contribution < -0.4 is 0 Å². The predicted octanol–water partition coefficient (Wildman–Crippen LogP) is 1.65. The van der Waals surface area contributed by atoms with Crippen LogP contribution in [0.2, 0.25) is 0 Å². The maximum Gasteiger partial charge on any atom is 0.0600 e. The maximum absolute atomic E-state index is 9.11. The van der Waals surface area contributed by atoms with Gasteiger partial charge in [0.1, 0.15) is 0 Å². The second kappa shape index (κ2) is 6.12. The van der Waals surface area contributed by atoms with E-state index in [1.165, 1.54) is 11.1 Å². The van der Waals surface area contributed by atoms with E-state index in [2.05, 4.69) is 29.0 Å². The monoisotopic (exact) mass is 234 g/mol. The number of hydrogen-bond donors (Lipinski definition) is 1. The van der Waals surface area contributed by atoms with Crippen LogP contribution in [0.1, 0.15) is 19.8 Å². The first-order valence-electron chi connectivity index (χ1n) is 6.47. The van der Waals surface area contributed by atoms with E-state index < -0.39 is 0 Å². The third kappa shape index (κ3) is 3.79. The van der Waals surface area contributed by atoms with Gasteiger partial charge in [0.2, 0.25) is 0 Å². The van der Waals surface area contributed by atoms with Crippen molar-refractivity contribution in [2.75, 3.05) is 32.8 Å². The highest BCUT2D eigenvalue weighted by Gasteiger charge is 2.18. The van der Waals surface area contributed by atoms with Gasteiger partial charge in [-0.05, 0) is 44.3 Å². The largest absolute Gasteiger partial charge is 0.396 e. The van der Waals surface area contributed by atoms with Crippen molar-refractivity contribution >= 4 is 6.21 Å². The Morgan fingerprint density at radius 1 is 1.35 bits per heavy atom. The van der Waals surface area contributed by atoms with Crippen molar-refractivity contribution in [2.45, 2.75) is 19.8 Å². The zero-order valence-electron chi connectivity index (χ0n) is 10.6. The van der Waals surface area contributed by atoms with Crippen LogP contribution in [0.15, 0.2) is 28.3 Å². The third-order valence-corrected chi connectivity index (χ3v) is 3.55. The summed E-state index contributed by atoms with van der Waals surface area (Å²) in [7, 11) is 0. The standard InChI is InChI=1S/C14H22N2O/c1-12-2-3-14(9-15-8-12)10-16-6-4-13(11-17)5-7-16/h2-3,9,13,17H,4-8,10-11H2,1H3. The first kappa shape index (κ1) is 12.5.